The van der Waals surface area contributed by atoms with Crippen molar-refractivity contribution in [3.8, 4) is 0 Å². The van der Waals surface area contributed by atoms with Gasteiger partial charge in [-0.3, -0.25) is 9.59 Å². The van der Waals surface area contributed by atoms with Gasteiger partial charge in [0.15, 0.2) is 6.61 Å². The van der Waals surface area contributed by atoms with Gasteiger partial charge < -0.3 is 19.4 Å². The van der Waals surface area contributed by atoms with E-state index in [1.165, 1.54) is 0 Å². The molecule has 2 saturated heterocycles. The average molecular weight is 359 g/mol. The van der Waals surface area contributed by atoms with Gasteiger partial charge in [-0.2, -0.15) is 0 Å². The van der Waals surface area contributed by atoms with E-state index in [2.05, 4.69) is 5.16 Å². The predicted molar refractivity (Wildman–Crippen MR) is 98.0 cm³/mol. The molecule has 0 aliphatic carbocycles. The molecule has 0 saturated carbocycles. The van der Waals surface area contributed by atoms with Crippen molar-refractivity contribution in [3.63, 3.8) is 0 Å². The summed E-state index contributed by atoms with van der Waals surface area (Å²) in [6.45, 7) is 1.82. The summed E-state index contributed by atoms with van der Waals surface area (Å²) in [5, 5.41) is 4.09. The minimum Gasteiger partial charge on any atom is -0.386 e. The Labute approximate surface area is 153 Å². The molecule has 26 heavy (non-hydrogen) atoms. The van der Waals surface area contributed by atoms with E-state index in [-0.39, 0.29) is 24.5 Å². The molecule has 140 valence electrons. The third-order valence-corrected chi connectivity index (χ3v) is 4.76. The van der Waals surface area contributed by atoms with Crippen LogP contribution in [0.1, 0.15) is 25.7 Å². The molecule has 1 unspecified atom stereocenters. The summed E-state index contributed by atoms with van der Waals surface area (Å²) >= 11 is 0. The van der Waals surface area contributed by atoms with Gasteiger partial charge in [0.05, 0.1) is 5.71 Å². The van der Waals surface area contributed by atoms with Crippen LogP contribution in [0.3, 0.4) is 0 Å². The maximum Gasteiger partial charge on any atom is 0.267 e. The van der Waals surface area contributed by atoms with Crippen molar-refractivity contribution >= 4 is 23.2 Å². The predicted octanol–water partition coefficient (Wildman–Crippen LogP) is 1.82. The molecule has 0 aromatic heterocycles. The van der Waals surface area contributed by atoms with Gasteiger partial charge in [-0.05, 0) is 25.0 Å². The first-order valence-electron chi connectivity index (χ1n) is 9.05. The van der Waals surface area contributed by atoms with Crippen LogP contribution in [0.15, 0.2) is 35.5 Å². The number of benzene rings is 1. The molecule has 1 aromatic rings. The zero-order valence-corrected chi connectivity index (χ0v) is 15.1. The van der Waals surface area contributed by atoms with Crippen LogP contribution < -0.4 is 4.90 Å². The smallest absolute Gasteiger partial charge is 0.267 e. The van der Waals surface area contributed by atoms with Crippen LogP contribution >= 0.6 is 0 Å². The number of ether oxygens (including phenoxy) is 1. The number of anilines is 1. The number of oxime groups is 1. The van der Waals surface area contributed by atoms with Crippen LogP contribution in [0, 0.1) is 0 Å². The average Bonchev–Trinajstić information content (AvgIpc) is 3.23. The Morgan fingerprint density at radius 1 is 1.27 bits per heavy atom. The Kier molecular flexibility index (Phi) is 6.22. The fourth-order valence-electron chi connectivity index (χ4n) is 3.12. The minimum atomic E-state index is -0.268. The molecule has 1 aromatic carbocycles. The van der Waals surface area contributed by atoms with Crippen molar-refractivity contribution in [1.29, 1.82) is 0 Å². The lowest BCUT2D eigenvalue weighted by Crippen LogP contribution is -2.43. The molecular weight excluding hydrogens is 334 g/mol. The van der Waals surface area contributed by atoms with Crippen molar-refractivity contribution in [1.82, 2.24) is 4.90 Å². The SMILES string of the molecule is CN(C(=O)CON=C1CCN(C(=O)C2CCCO2)CC1)c1ccccc1. The van der Waals surface area contributed by atoms with E-state index in [1.54, 1.807) is 11.9 Å². The van der Waals surface area contributed by atoms with Crippen molar-refractivity contribution in [3.05, 3.63) is 30.3 Å². The molecule has 0 spiro atoms. The number of carbonyl (C=O) groups excluding carboxylic acids is 2. The lowest BCUT2D eigenvalue weighted by atomic mass is 10.1. The largest absolute Gasteiger partial charge is 0.386 e. The molecular formula is C19H25N3O4. The van der Waals surface area contributed by atoms with E-state index >= 15 is 0 Å². The third-order valence-electron chi connectivity index (χ3n) is 4.76. The fourth-order valence-corrected chi connectivity index (χ4v) is 3.12. The zero-order valence-electron chi connectivity index (χ0n) is 15.1. The van der Waals surface area contributed by atoms with Gasteiger partial charge in [0, 0.05) is 45.3 Å². The Morgan fingerprint density at radius 3 is 2.65 bits per heavy atom. The van der Waals surface area contributed by atoms with E-state index in [4.69, 9.17) is 9.57 Å². The first-order chi connectivity index (χ1) is 12.6. The number of amides is 2. The highest BCUT2D eigenvalue weighted by Crippen LogP contribution is 2.17. The van der Waals surface area contributed by atoms with Crippen molar-refractivity contribution in [2.75, 3.05) is 38.3 Å². The monoisotopic (exact) mass is 359 g/mol. The molecule has 2 heterocycles. The molecule has 0 N–H and O–H groups in total. The standard InChI is InChI=1S/C19H25N3O4/c1-21(16-6-3-2-4-7-16)18(23)14-26-20-15-9-11-22(12-10-15)19(24)17-8-5-13-25-17/h2-4,6-7,17H,5,8-14H2,1H3. The molecule has 2 aliphatic rings. The lowest BCUT2D eigenvalue weighted by Gasteiger charge is -2.29. The van der Waals surface area contributed by atoms with E-state index in [0.717, 1.165) is 24.2 Å². The van der Waals surface area contributed by atoms with Crippen molar-refractivity contribution in [2.24, 2.45) is 5.16 Å². The van der Waals surface area contributed by atoms with Gasteiger partial charge in [0.2, 0.25) is 0 Å². The fraction of sp³-hybridized carbons (Fsp3) is 0.526. The number of para-hydroxylation sites is 1. The van der Waals surface area contributed by atoms with Crippen LogP contribution in [-0.4, -0.2) is 61.9 Å². The first-order valence-corrected chi connectivity index (χ1v) is 9.05. The van der Waals surface area contributed by atoms with Gasteiger partial charge in [0.1, 0.15) is 6.10 Å². The van der Waals surface area contributed by atoms with Crippen LogP contribution in [0.2, 0.25) is 0 Å². The summed E-state index contributed by atoms with van der Waals surface area (Å²) < 4.78 is 5.46. The summed E-state index contributed by atoms with van der Waals surface area (Å²) in [6.07, 6.45) is 2.84. The maximum atomic E-state index is 12.3. The maximum absolute atomic E-state index is 12.3. The molecule has 2 fully saturated rings. The number of rotatable bonds is 5. The molecule has 2 amide bonds. The summed E-state index contributed by atoms with van der Waals surface area (Å²) in [5.74, 6) is -0.0753. The Bertz CT molecular complexity index is 646. The summed E-state index contributed by atoms with van der Waals surface area (Å²) in [7, 11) is 1.71. The number of carbonyl (C=O) groups is 2. The molecule has 0 radical (unpaired) electrons. The number of hydrogen-bond acceptors (Lipinski definition) is 5. The minimum absolute atomic E-state index is 0.0853. The summed E-state index contributed by atoms with van der Waals surface area (Å²) in [4.78, 5) is 33.1. The van der Waals surface area contributed by atoms with E-state index < -0.39 is 0 Å². The normalized spacial score (nSPS) is 20.0. The number of likely N-dealkylation sites (tertiary alicyclic amines) is 1. The van der Waals surface area contributed by atoms with E-state index in [1.807, 2.05) is 35.2 Å². The summed E-state index contributed by atoms with van der Waals surface area (Å²) in [5.41, 5.74) is 1.70. The number of hydrogen-bond donors (Lipinski definition) is 0. The van der Waals surface area contributed by atoms with Crippen LogP contribution in [0.4, 0.5) is 5.69 Å². The van der Waals surface area contributed by atoms with E-state index in [0.29, 0.717) is 32.5 Å². The van der Waals surface area contributed by atoms with Gasteiger partial charge in [-0.15, -0.1) is 0 Å². The second kappa shape index (κ2) is 8.80. The summed E-state index contributed by atoms with van der Waals surface area (Å²) in [6, 6.07) is 9.40. The van der Waals surface area contributed by atoms with Crippen LogP contribution in [-0.2, 0) is 19.2 Å². The second-order valence-electron chi connectivity index (χ2n) is 6.55. The van der Waals surface area contributed by atoms with Crippen molar-refractivity contribution in [2.45, 2.75) is 31.8 Å². The molecule has 3 rings (SSSR count). The number of piperidine rings is 1. The molecule has 7 nitrogen and oxygen atoms in total. The lowest BCUT2D eigenvalue weighted by molar-refractivity contribution is -0.141. The highest BCUT2D eigenvalue weighted by atomic mass is 16.6. The van der Waals surface area contributed by atoms with Gasteiger partial charge in [-0.25, -0.2) is 0 Å². The Hall–Kier alpha value is -2.41. The molecule has 0 bridgehead atoms. The van der Waals surface area contributed by atoms with E-state index in [9.17, 15) is 9.59 Å². The zero-order chi connectivity index (χ0) is 18.4. The molecule has 7 heteroatoms. The van der Waals surface area contributed by atoms with Crippen molar-refractivity contribution < 1.29 is 19.2 Å². The van der Waals surface area contributed by atoms with Gasteiger partial charge >= 0.3 is 0 Å². The highest BCUT2D eigenvalue weighted by molar-refractivity contribution is 5.94. The van der Waals surface area contributed by atoms with Gasteiger partial charge in [-0.1, -0.05) is 23.4 Å². The topological polar surface area (TPSA) is 71.4 Å². The quantitative estimate of drug-likeness (QED) is 0.752. The third kappa shape index (κ3) is 4.60. The number of likely N-dealkylation sites (N-methyl/N-ethyl adjacent to an activating group) is 1. The molecule has 1 atom stereocenters. The molecule has 2 aliphatic heterocycles. The first kappa shape index (κ1) is 18.4. The second-order valence-corrected chi connectivity index (χ2v) is 6.55. The Balaban J connectivity index is 1.41. The Morgan fingerprint density at radius 2 is 2.00 bits per heavy atom. The highest BCUT2D eigenvalue weighted by Gasteiger charge is 2.30. The van der Waals surface area contributed by atoms with Gasteiger partial charge in [0.25, 0.3) is 11.8 Å². The van der Waals surface area contributed by atoms with Crippen LogP contribution in [0.5, 0.6) is 0 Å². The van der Waals surface area contributed by atoms with Crippen LogP contribution in [0.25, 0.3) is 0 Å². The number of nitrogens with zero attached hydrogens (tertiary/aromatic N) is 3.